The summed E-state index contributed by atoms with van der Waals surface area (Å²) in [5, 5.41) is 9.08. The molecule has 3 aromatic heterocycles. The number of hydrogen-bond acceptors (Lipinski definition) is 7. The standard InChI is InChI=1S/C25H21N7O3/c33-23(16-35-25-28-17-32(31-25)20-9-5-2-6-10-20)30-29-13-19-12-26-22-14-27-24(11-21(19)22)34-15-18-7-3-1-4-8-18/h1-14,17,26H,15-16H2,(H,30,33). The Morgan fingerprint density at radius 3 is 2.69 bits per heavy atom. The van der Waals surface area contributed by atoms with Gasteiger partial charge in [-0.1, -0.05) is 48.5 Å². The molecule has 3 heterocycles. The molecule has 0 saturated heterocycles. The van der Waals surface area contributed by atoms with E-state index in [9.17, 15) is 4.79 Å². The monoisotopic (exact) mass is 467 g/mol. The van der Waals surface area contributed by atoms with E-state index in [1.165, 1.54) is 6.33 Å². The van der Waals surface area contributed by atoms with E-state index in [2.05, 4.69) is 30.6 Å². The molecule has 5 aromatic rings. The molecule has 0 fully saturated rings. The van der Waals surface area contributed by atoms with Gasteiger partial charge >= 0.3 is 6.01 Å². The first-order chi connectivity index (χ1) is 17.2. The summed E-state index contributed by atoms with van der Waals surface area (Å²) in [6.07, 6.45) is 6.53. The van der Waals surface area contributed by atoms with Crippen molar-refractivity contribution in [3.05, 3.63) is 96.6 Å². The Bertz CT molecular complexity index is 1450. The number of nitrogens with one attached hydrogen (secondary N) is 2. The summed E-state index contributed by atoms with van der Waals surface area (Å²) in [5.74, 6) is 0.0566. The van der Waals surface area contributed by atoms with Gasteiger partial charge in [0, 0.05) is 23.2 Å². The van der Waals surface area contributed by atoms with Gasteiger partial charge in [0.2, 0.25) is 5.88 Å². The minimum Gasteiger partial charge on any atom is -0.473 e. The quantitative estimate of drug-likeness (QED) is 0.254. The lowest BCUT2D eigenvalue weighted by Crippen LogP contribution is -2.24. The van der Waals surface area contributed by atoms with E-state index in [1.54, 1.807) is 23.3 Å². The molecule has 0 aliphatic rings. The number of fused-ring (bicyclic) bond motifs is 1. The average molecular weight is 467 g/mol. The summed E-state index contributed by atoms with van der Waals surface area (Å²) in [6.45, 7) is 0.146. The van der Waals surface area contributed by atoms with Crippen molar-refractivity contribution in [2.24, 2.45) is 5.10 Å². The zero-order valence-corrected chi connectivity index (χ0v) is 18.5. The summed E-state index contributed by atoms with van der Waals surface area (Å²) < 4.78 is 12.7. The second kappa shape index (κ2) is 10.3. The van der Waals surface area contributed by atoms with Crippen LogP contribution in [0.4, 0.5) is 0 Å². The molecule has 0 radical (unpaired) electrons. The van der Waals surface area contributed by atoms with Crippen molar-refractivity contribution in [2.45, 2.75) is 6.61 Å². The minimum absolute atomic E-state index is 0.0974. The summed E-state index contributed by atoms with van der Waals surface area (Å²) >= 11 is 0. The number of pyridine rings is 1. The third-order valence-electron chi connectivity index (χ3n) is 5.02. The van der Waals surface area contributed by atoms with Crippen LogP contribution in [0.5, 0.6) is 11.9 Å². The second-order valence-electron chi connectivity index (χ2n) is 7.48. The zero-order valence-electron chi connectivity index (χ0n) is 18.5. The number of ether oxygens (including phenoxy) is 2. The number of para-hydroxylation sites is 1. The molecule has 0 spiro atoms. The maximum Gasteiger partial charge on any atom is 0.336 e. The van der Waals surface area contributed by atoms with Crippen LogP contribution in [0.25, 0.3) is 16.6 Å². The number of rotatable bonds is 9. The van der Waals surface area contributed by atoms with Crippen LogP contribution in [0.2, 0.25) is 0 Å². The Kier molecular flexibility index (Phi) is 6.43. The molecule has 0 aliphatic heterocycles. The lowest BCUT2D eigenvalue weighted by Gasteiger charge is -2.05. The molecule has 2 aromatic carbocycles. The maximum absolute atomic E-state index is 12.1. The molecule has 1 amide bonds. The Morgan fingerprint density at radius 2 is 1.86 bits per heavy atom. The number of H-pyrrole nitrogens is 1. The maximum atomic E-state index is 12.1. The van der Waals surface area contributed by atoms with Gasteiger partial charge < -0.3 is 14.5 Å². The fraction of sp³-hybridized carbons (Fsp3) is 0.0800. The van der Waals surface area contributed by atoms with Gasteiger partial charge in [0.05, 0.1) is 23.6 Å². The number of hydrazone groups is 1. The summed E-state index contributed by atoms with van der Waals surface area (Å²) in [4.78, 5) is 23.6. The molecule has 0 aliphatic carbocycles. The first-order valence-electron chi connectivity index (χ1n) is 10.8. The van der Waals surface area contributed by atoms with E-state index in [-0.39, 0.29) is 12.6 Å². The Hall–Kier alpha value is -4.99. The predicted molar refractivity (Wildman–Crippen MR) is 129 cm³/mol. The van der Waals surface area contributed by atoms with Crippen molar-refractivity contribution in [2.75, 3.05) is 6.61 Å². The first-order valence-corrected chi connectivity index (χ1v) is 10.8. The molecule has 0 saturated carbocycles. The number of benzene rings is 2. The summed E-state index contributed by atoms with van der Waals surface area (Å²) in [5.41, 5.74) is 5.93. The van der Waals surface area contributed by atoms with Crippen molar-refractivity contribution >= 4 is 23.0 Å². The summed E-state index contributed by atoms with van der Waals surface area (Å²) in [7, 11) is 0. The highest BCUT2D eigenvalue weighted by atomic mass is 16.5. The van der Waals surface area contributed by atoms with E-state index in [0.29, 0.717) is 12.5 Å². The van der Waals surface area contributed by atoms with Crippen LogP contribution >= 0.6 is 0 Å². The highest BCUT2D eigenvalue weighted by Crippen LogP contribution is 2.21. The van der Waals surface area contributed by atoms with Crippen LogP contribution in [0.15, 0.2) is 90.6 Å². The molecule has 174 valence electrons. The van der Waals surface area contributed by atoms with Gasteiger partial charge in [-0.3, -0.25) is 4.79 Å². The van der Waals surface area contributed by atoms with Crippen molar-refractivity contribution in [3.8, 4) is 17.6 Å². The summed E-state index contributed by atoms with van der Waals surface area (Å²) in [6, 6.07) is 21.3. The van der Waals surface area contributed by atoms with Gasteiger partial charge in [-0.25, -0.2) is 15.1 Å². The molecule has 2 N–H and O–H groups in total. The van der Waals surface area contributed by atoms with Gasteiger partial charge in [-0.05, 0) is 17.7 Å². The molecule has 0 atom stereocenters. The van der Waals surface area contributed by atoms with Crippen LogP contribution in [-0.2, 0) is 11.4 Å². The highest BCUT2D eigenvalue weighted by molar-refractivity contribution is 5.99. The fourth-order valence-electron chi connectivity index (χ4n) is 3.30. The number of aromatic amines is 1. The van der Waals surface area contributed by atoms with Crippen molar-refractivity contribution < 1.29 is 14.3 Å². The van der Waals surface area contributed by atoms with Crippen LogP contribution in [0.1, 0.15) is 11.1 Å². The van der Waals surface area contributed by atoms with E-state index < -0.39 is 5.91 Å². The minimum atomic E-state index is -0.439. The molecular weight excluding hydrogens is 446 g/mol. The topological polar surface area (TPSA) is 119 Å². The molecule has 0 bridgehead atoms. The van der Waals surface area contributed by atoms with Gasteiger partial charge in [0.25, 0.3) is 5.91 Å². The van der Waals surface area contributed by atoms with E-state index >= 15 is 0 Å². The largest absolute Gasteiger partial charge is 0.473 e. The third-order valence-corrected chi connectivity index (χ3v) is 5.02. The van der Waals surface area contributed by atoms with Crippen molar-refractivity contribution in [1.82, 2.24) is 30.2 Å². The van der Waals surface area contributed by atoms with Gasteiger partial charge in [-0.2, -0.15) is 10.1 Å². The fourth-order valence-corrected chi connectivity index (χ4v) is 3.30. The van der Waals surface area contributed by atoms with Crippen molar-refractivity contribution in [3.63, 3.8) is 0 Å². The number of carbonyl (C=O) groups is 1. The molecule has 0 unspecified atom stereocenters. The van der Waals surface area contributed by atoms with E-state index in [1.807, 2.05) is 66.7 Å². The lowest BCUT2D eigenvalue weighted by molar-refractivity contribution is -0.123. The molecular formula is C25H21N7O3. The van der Waals surface area contributed by atoms with E-state index in [4.69, 9.17) is 9.47 Å². The second-order valence-corrected chi connectivity index (χ2v) is 7.48. The lowest BCUT2D eigenvalue weighted by atomic mass is 10.2. The Labute approximate surface area is 200 Å². The molecule has 10 nitrogen and oxygen atoms in total. The number of aromatic nitrogens is 5. The highest BCUT2D eigenvalue weighted by Gasteiger charge is 2.08. The number of carbonyl (C=O) groups excluding carboxylic acids is 1. The zero-order chi connectivity index (χ0) is 23.9. The molecule has 10 heteroatoms. The van der Waals surface area contributed by atoms with Crippen LogP contribution in [-0.4, -0.2) is 43.5 Å². The Morgan fingerprint density at radius 1 is 1.06 bits per heavy atom. The predicted octanol–water partition coefficient (Wildman–Crippen LogP) is 3.25. The van der Waals surface area contributed by atoms with Crippen molar-refractivity contribution in [1.29, 1.82) is 0 Å². The van der Waals surface area contributed by atoms with Gasteiger partial charge in [0.15, 0.2) is 6.61 Å². The molecule has 5 rings (SSSR count). The molecule has 35 heavy (non-hydrogen) atoms. The Balaban J connectivity index is 1.15. The van der Waals surface area contributed by atoms with Gasteiger partial charge in [-0.15, -0.1) is 5.10 Å². The number of nitrogens with zero attached hydrogens (tertiary/aromatic N) is 5. The smallest absolute Gasteiger partial charge is 0.336 e. The number of amides is 1. The van der Waals surface area contributed by atoms with Crippen LogP contribution < -0.4 is 14.9 Å². The normalized spacial score (nSPS) is 11.1. The number of hydrogen-bond donors (Lipinski definition) is 2. The average Bonchev–Trinajstić information content (AvgIpc) is 3.55. The SMILES string of the molecule is O=C(COc1ncn(-c2ccccc2)n1)NN=Cc1c[nH]c2cnc(OCc3ccccc3)cc12. The van der Waals surface area contributed by atoms with Crippen LogP contribution in [0, 0.1) is 0 Å². The van der Waals surface area contributed by atoms with Crippen LogP contribution in [0.3, 0.4) is 0 Å². The van der Waals surface area contributed by atoms with E-state index in [0.717, 1.165) is 27.7 Å². The third kappa shape index (κ3) is 5.50. The van der Waals surface area contributed by atoms with Gasteiger partial charge in [0.1, 0.15) is 12.9 Å². The first kappa shape index (κ1) is 21.8.